The van der Waals surface area contributed by atoms with Gasteiger partial charge in [0.05, 0.1) is 25.9 Å². The van der Waals surface area contributed by atoms with Crippen LogP contribution in [0.1, 0.15) is 33.1 Å². The predicted octanol–water partition coefficient (Wildman–Crippen LogP) is 3.32. The van der Waals surface area contributed by atoms with Gasteiger partial charge < -0.3 is 23.9 Å². The summed E-state index contributed by atoms with van der Waals surface area (Å²) in [5, 5.41) is 1.01. The first-order chi connectivity index (χ1) is 14.1. The van der Waals surface area contributed by atoms with Crippen molar-refractivity contribution in [3.63, 3.8) is 0 Å². The number of anilines is 1. The fourth-order valence-electron chi connectivity index (χ4n) is 3.76. The molecule has 0 N–H and O–H groups in total. The summed E-state index contributed by atoms with van der Waals surface area (Å²) in [5.74, 6) is 1.68. The van der Waals surface area contributed by atoms with Gasteiger partial charge >= 0.3 is 0 Å². The summed E-state index contributed by atoms with van der Waals surface area (Å²) in [6, 6.07) is 3.89. The van der Waals surface area contributed by atoms with Crippen molar-refractivity contribution in [2.24, 2.45) is 11.8 Å². The van der Waals surface area contributed by atoms with Gasteiger partial charge in [-0.2, -0.15) is 0 Å². The van der Waals surface area contributed by atoms with Crippen molar-refractivity contribution in [2.45, 2.75) is 39.2 Å². The van der Waals surface area contributed by atoms with E-state index in [0.29, 0.717) is 43.5 Å². The van der Waals surface area contributed by atoms with Crippen molar-refractivity contribution in [3.8, 4) is 5.88 Å². The number of aromatic nitrogens is 2. The van der Waals surface area contributed by atoms with Crippen molar-refractivity contribution in [3.05, 3.63) is 12.1 Å². The van der Waals surface area contributed by atoms with Crippen LogP contribution in [-0.2, 0) is 14.3 Å². The monoisotopic (exact) mass is 419 g/mol. The van der Waals surface area contributed by atoms with Crippen LogP contribution in [0, 0.1) is 11.8 Å². The first-order valence-electron chi connectivity index (χ1n) is 10.4. The molecule has 2 aromatic heterocycles. The number of thiazole rings is 1. The molecular formula is C21H29N3O4S. The van der Waals surface area contributed by atoms with E-state index < -0.39 is 0 Å². The lowest BCUT2D eigenvalue weighted by Gasteiger charge is -2.35. The highest BCUT2D eigenvalue weighted by atomic mass is 32.1. The molecule has 0 bridgehead atoms. The summed E-state index contributed by atoms with van der Waals surface area (Å²) in [6.07, 6.45) is 2.91. The van der Waals surface area contributed by atoms with E-state index in [-0.39, 0.29) is 5.78 Å². The number of ketones is 1. The smallest absolute Gasteiger partial charge is 0.214 e. The van der Waals surface area contributed by atoms with Crippen LogP contribution in [-0.4, -0.2) is 61.4 Å². The Hall–Kier alpha value is -1.77. The highest BCUT2D eigenvalue weighted by Gasteiger charge is 2.31. The first-order valence-corrected chi connectivity index (χ1v) is 11.2. The van der Waals surface area contributed by atoms with Crippen molar-refractivity contribution in [2.75, 3.05) is 44.4 Å². The van der Waals surface area contributed by atoms with Crippen LogP contribution in [0.3, 0.4) is 0 Å². The second-order valence-electron chi connectivity index (χ2n) is 8.18. The molecule has 2 aliphatic rings. The topological polar surface area (TPSA) is 73.8 Å². The quantitative estimate of drug-likeness (QED) is 0.617. The van der Waals surface area contributed by atoms with Gasteiger partial charge in [0.25, 0.3) is 0 Å². The molecule has 0 radical (unpaired) electrons. The van der Waals surface area contributed by atoms with Crippen molar-refractivity contribution >= 4 is 32.6 Å². The minimum atomic E-state index is 0.225. The number of hydrogen-bond donors (Lipinski definition) is 0. The molecule has 3 heterocycles. The molecule has 1 aliphatic heterocycles. The van der Waals surface area contributed by atoms with Crippen molar-refractivity contribution in [1.82, 2.24) is 9.97 Å². The van der Waals surface area contributed by atoms with E-state index in [1.807, 2.05) is 12.1 Å². The lowest BCUT2D eigenvalue weighted by Crippen LogP contribution is -2.36. The van der Waals surface area contributed by atoms with E-state index >= 15 is 0 Å². The maximum Gasteiger partial charge on any atom is 0.214 e. The Morgan fingerprint density at radius 3 is 2.86 bits per heavy atom. The number of pyridine rings is 1. The summed E-state index contributed by atoms with van der Waals surface area (Å²) < 4.78 is 17.2. The zero-order valence-electron chi connectivity index (χ0n) is 17.1. The molecule has 158 valence electrons. The van der Waals surface area contributed by atoms with Gasteiger partial charge in [-0.1, -0.05) is 18.3 Å². The Morgan fingerprint density at radius 1 is 1.31 bits per heavy atom. The number of morpholine rings is 1. The average molecular weight is 420 g/mol. The first kappa shape index (κ1) is 20.5. The Bertz CT molecular complexity index is 830. The van der Waals surface area contributed by atoms with Crippen LogP contribution >= 0.6 is 11.3 Å². The molecule has 0 unspecified atom stereocenters. The lowest BCUT2D eigenvalue weighted by atomic mass is 9.83. The highest BCUT2D eigenvalue weighted by Crippen LogP contribution is 2.32. The van der Waals surface area contributed by atoms with Gasteiger partial charge in [-0.25, -0.2) is 9.97 Å². The van der Waals surface area contributed by atoms with Gasteiger partial charge in [-0.05, 0) is 37.7 Å². The SMILES string of the molecule is CC(=O)C[C@@H](C)COC1CC(COc2ccc3nc(N4CCOCC4)sc3n2)C1. The third-order valence-electron chi connectivity index (χ3n) is 5.41. The van der Waals surface area contributed by atoms with E-state index in [2.05, 4.69) is 16.8 Å². The Kier molecular flexibility index (Phi) is 6.62. The van der Waals surface area contributed by atoms with Crippen molar-refractivity contribution in [1.29, 1.82) is 0 Å². The zero-order chi connectivity index (χ0) is 20.2. The largest absolute Gasteiger partial charge is 0.477 e. The maximum atomic E-state index is 11.1. The van der Waals surface area contributed by atoms with E-state index in [1.54, 1.807) is 18.3 Å². The molecule has 1 aliphatic carbocycles. The number of nitrogens with zero attached hydrogens (tertiary/aromatic N) is 3. The fourth-order valence-corrected chi connectivity index (χ4v) is 4.74. The maximum absolute atomic E-state index is 11.1. The Balaban J connectivity index is 1.22. The van der Waals surface area contributed by atoms with Crippen LogP contribution < -0.4 is 9.64 Å². The normalized spacial score (nSPS) is 23.0. The number of rotatable bonds is 9. The van der Waals surface area contributed by atoms with Crippen LogP contribution in [0.25, 0.3) is 10.3 Å². The third-order valence-corrected chi connectivity index (χ3v) is 6.44. The zero-order valence-corrected chi connectivity index (χ0v) is 18.0. The molecule has 1 saturated heterocycles. The molecule has 1 atom stereocenters. The Morgan fingerprint density at radius 2 is 2.10 bits per heavy atom. The van der Waals surface area contributed by atoms with Crippen LogP contribution in [0.5, 0.6) is 5.88 Å². The average Bonchev–Trinajstić information content (AvgIpc) is 3.10. The lowest BCUT2D eigenvalue weighted by molar-refractivity contribution is -0.119. The number of carbonyl (C=O) groups is 1. The van der Waals surface area contributed by atoms with E-state index in [0.717, 1.165) is 54.6 Å². The van der Waals surface area contributed by atoms with E-state index in [9.17, 15) is 4.79 Å². The summed E-state index contributed by atoms with van der Waals surface area (Å²) in [7, 11) is 0. The van der Waals surface area contributed by atoms with Gasteiger partial charge in [0.2, 0.25) is 5.88 Å². The highest BCUT2D eigenvalue weighted by molar-refractivity contribution is 7.21. The number of carbonyl (C=O) groups excluding carboxylic acids is 1. The molecule has 4 rings (SSSR count). The third kappa shape index (κ3) is 5.43. The number of fused-ring (bicyclic) bond motifs is 1. The molecule has 0 aromatic carbocycles. The molecule has 2 fully saturated rings. The number of hydrogen-bond acceptors (Lipinski definition) is 8. The molecule has 0 spiro atoms. The van der Waals surface area contributed by atoms with Gasteiger partial charge in [-0.3, -0.25) is 0 Å². The molecule has 1 saturated carbocycles. The van der Waals surface area contributed by atoms with Crippen LogP contribution in [0.15, 0.2) is 12.1 Å². The molecular weight excluding hydrogens is 390 g/mol. The second kappa shape index (κ2) is 9.36. The number of Topliss-reactive ketones (excluding diaryl/α,β-unsaturated/α-hetero) is 1. The summed E-state index contributed by atoms with van der Waals surface area (Å²) in [5.41, 5.74) is 0.917. The minimum absolute atomic E-state index is 0.225. The second-order valence-corrected chi connectivity index (χ2v) is 9.14. The minimum Gasteiger partial charge on any atom is -0.477 e. The van der Waals surface area contributed by atoms with Gasteiger partial charge in [0.15, 0.2) is 5.13 Å². The summed E-state index contributed by atoms with van der Waals surface area (Å²) in [6.45, 7) is 8.27. The van der Waals surface area contributed by atoms with Gasteiger partial charge in [-0.15, -0.1) is 0 Å². The van der Waals surface area contributed by atoms with Gasteiger partial charge in [0, 0.05) is 32.2 Å². The van der Waals surface area contributed by atoms with Crippen LogP contribution in [0.2, 0.25) is 0 Å². The summed E-state index contributed by atoms with van der Waals surface area (Å²) in [4.78, 5) is 23.6. The predicted molar refractivity (Wildman–Crippen MR) is 113 cm³/mol. The molecule has 0 amide bonds. The van der Waals surface area contributed by atoms with E-state index in [1.165, 1.54) is 0 Å². The number of ether oxygens (including phenoxy) is 3. The molecule has 8 heteroatoms. The molecule has 7 nitrogen and oxygen atoms in total. The molecule has 29 heavy (non-hydrogen) atoms. The standard InChI is InChI=1S/C21H29N3O4S/c1-14(9-15(2)25)12-27-17-10-16(11-17)13-28-19-4-3-18-20(23-19)29-21(22-18)24-5-7-26-8-6-24/h3-4,14,16-17H,5-13H2,1-2H3/t14-,16?,17?/m1/s1. The van der Waals surface area contributed by atoms with E-state index in [4.69, 9.17) is 19.2 Å². The molecule has 2 aromatic rings. The van der Waals surface area contributed by atoms with Crippen molar-refractivity contribution < 1.29 is 19.0 Å². The fraction of sp³-hybridized carbons (Fsp3) is 0.667. The van der Waals surface area contributed by atoms with Crippen LogP contribution in [0.4, 0.5) is 5.13 Å². The Labute approximate surface area is 175 Å². The summed E-state index contributed by atoms with van der Waals surface area (Å²) >= 11 is 1.61. The van der Waals surface area contributed by atoms with Gasteiger partial charge in [0.1, 0.15) is 16.1 Å².